The predicted molar refractivity (Wildman–Crippen MR) is 56.9 cm³/mol. The second-order valence-corrected chi connectivity index (χ2v) is 3.64. The van der Waals surface area contributed by atoms with Gasteiger partial charge in [0, 0.05) is 11.6 Å². The zero-order valence-corrected chi connectivity index (χ0v) is 9.27. The summed E-state index contributed by atoms with van der Waals surface area (Å²) in [5.74, 6) is 0.0273. The van der Waals surface area contributed by atoms with Crippen LogP contribution in [0.15, 0.2) is 18.2 Å². The Kier molecular flexibility index (Phi) is 2.83. The number of benzene rings is 1. The number of ether oxygens (including phenoxy) is 1. The average Bonchev–Trinajstić information content (AvgIpc) is 2.64. The maximum absolute atomic E-state index is 13.6. The van der Waals surface area contributed by atoms with Gasteiger partial charge in [0.05, 0.1) is 18.8 Å². The lowest BCUT2D eigenvalue weighted by molar-refractivity contribution is 0.411. The summed E-state index contributed by atoms with van der Waals surface area (Å²) in [7, 11) is 1.48. The van der Waals surface area contributed by atoms with E-state index in [1.54, 1.807) is 12.1 Å². The van der Waals surface area contributed by atoms with E-state index < -0.39 is 5.82 Å². The minimum atomic E-state index is -0.427. The molecule has 0 fully saturated rings. The summed E-state index contributed by atoms with van der Waals surface area (Å²) >= 11 is 6.71. The molecule has 0 unspecified atom stereocenters. The second-order valence-electron chi connectivity index (χ2n) is 2.75. The van der Waals surface area contributed by atoms with Crippen LogP contribution < -0.4 is 4.74 Å². The Bertz CT molecular complexity index is 489. The topological polar surface area (TPSA) is 35.0 Å². The van der Waals surface area contributed by atoms with E-state index in [1.807, 2.05) is 0 Å². The molecule has 0 aliphatic heterocycles. The van der Waals surface area contributed by atoms with Crippen molar-refractivity contribution in [2.45, 2.75) is 0 Å². The highest BCUT2D eigenvalue weighted by atomic mass is 35.5. The van der Waals surface area contributed by atoms with E-state index in [0.29, 0.717) is 17.0 Å². The van der Waals surface area contributed by atoms with Crippen molar-refractivity contribution in [2.24, 2.45) is 0 Å². The first-order valence-corrected chi connectivity index (χ1v) is 5.15. The summed E-state index contributed by atoms with van der Waals surface area (Å²) in [6, 6.07) is 4.50. The van der Waals surface area contributed by atoms with Crippen molar-refractivity contribution < 1.29 is 9.13 Å². The summed E-state index contributed by atoms with van der Waals surface area (Å²) in [6.07, 6.45) is 0. The summed E-state index contributed by atoms with van der Waals surface area (Å²) < 4.78 is 26.2. The number of hydrogen-bond acceptors (Lipinski definition) is 4. The molecule has 2 rings (SSSR count). The molecule has 15 heavy (non-hydrogen) atoms. The number of nitrogens with zero attached hydrogens (tertiary/aromatic N) is 2. The molecule has 0 saturated carbocycles. The minimum absolute atomic E-state index is 0.212. The van der Waals surface area contributed by atoms with Crippen molar-refractivity contribution in [2.75, 3.05) is 7.11 Å². The molecule has 0 spiro atoms. The molecule has 0 amide bonds. The maximum Gasteiger partial charge on any atom is 0.170 e. The minimum Gasteiger partial charge on any atom is -0.497 e. The van der Waals surface area contributed by atoms with Crippen LogP contribution >= 0.6 is 23.3 Å². The van der Waals surface area contributed by atoms with Crippen LogP contribution in [0.5, 0.6) is 5.75 Å². The fraction of sp³-hybridized carbons (Fsp3) is 0.111. The quantitative estimate of drug-likeness (QED) is 0.815. The van der Waals surface area contributed by atoms with Crippen molar-refractivity contribution in [3.63, 3.8) is 0 Å². The van der Waals surface area contributed by atoms with Crippen molar-refractivity contribution in [3.8, 4) is 17.0 Å². The van der Waals surface area contributed by atoms with Crippen LogP contribution in [0.25, 0.3) is 11.3 Å². The lowest BCUT2D eigenvalue weighted by Gasteiger charge is -2.02. The molecule has 6 heteroatoms. The van der Waals surface area contributed by atoms with Crippen LogP contribution in [0.4, 0.5) is 4.39 Å². The van der Waals surface area contributed by atoms with Gasteiger partial charge >= 0.3 is 0 Å². The first kappa shape index (κ1) is 10.3. The normalized spacial score (nSPS) is 10.3. The smallest absolute Gasteiger partial charge is 0.170 e. The number of halogens is 2. The Morgan fingerprint density at radius 2 is 2.20 bits per heavy atom. The van der Waals surface area contributed by atoms with Crippen molar-refractivity contribution in [3.05, 3.63) is 29.2 Å². The Hall–Kier alpha value is -1.20. The molecule has 0 N–H and O–H groups in total. The Morgan fingerprint density at radius 3 is 2.73 bits per heavy atom. The molecule has 1 heterocycles. The van der Waals surface area contributed by atoms with Crippen LogP contribution in [0.3, 0.4) is 0 Å². The molecule has 2 aromatic rings. The van der Waals surface area contributed by atoms with E-state index in [2.05, 4.69) is 8.75 Å². The third-order valence-corrected chi connectivity index (χ3v) is 2.77. The van der Waals surface area contributed by atoms with Gasteiger partial charge in [-0.3, -0.25) is 0 Å². The SMILES string of the molecule is COc1ccc(-c2nsnc2Cl)c(F)c1. The predicted octanol–water partition coefficient (Wildman–Crippen LogP) is 3.01. The van der Waals surface area contributed by atoms with E-state index in [-0.39, 0.29) is 5.15 Å². The second kappa shape index (κ2) is 4.12. The molecule has 78 valence electrons. The van der Waals surface area contributed by atoms with Crippen molar-refractivity contribution in [1.82, 2.24) is 8.75 Å². The Balaban J connectivity index is 2.50. The molecule has 0 bridgehead atoms. The van der Waals surface area contributed by atoms with E-state index in [4.69, 9.17) is 16.3 Å². The fourth-order valence-corrected chi connectivity index (χ4v) is 1.91. The molecule has 1 aromatic carbocycles. The molecule has 0 atom stereocenters. The highest BCUT2D eigenvalue weighted by Crippen LogP contribution is 2.29. The number of rotatable bonds is 2. The largest absolute Gasteiger partial charge is 0.497 e. The third-order valence-electron chi connectivity index (χ3n) is 1.88. The highest BCUT2D eigenvalue weighted by molar-refractivity contribution is 6.99. The third kappa shape index (κ3) is 1.93. The van der Waals surface area contributed by atoms with Crippen molar-refractivity contribution >= 4 is 23.3 Å². The van der Waals surface area contributed by atoms with Crippen LogP contribution in [0.2, 0.25) is 5.15 Å². The Labute approximate surface area is 94.8 Å². The van der Waals surface area contributed by atoms with Gasteiger partial charge in [-0.25, -0.2) is 4.39 Å². The van der Waals surface area contributed by atoms with Gasteiger partial charge in [0.25, 0.3) is 0 Å². The highest BCUT2D eigenvalue weighted by Gasteiger charge is 2.13. The van der Waals surface area contributed by atoms with Gasteiger partial charge < -0.3 is 4.74 Å². The Morgan fingerprint density at radius 1 is 1.40 bits per heavy atom. The number of hydrogen-bond donors (Lipinski definition) is 0. The average molecular weight is 245 g/mol. The van der Waals surface area contributed by atoms with Gasteiger partial charge in [-0.1, -0.05) is 11.6 Å². The fourth-order valence-electron chi connectivity index (χ4n) is 1.15. The lowest BCUT2D eigenvalue weighted by atomic mass is 10.1. The van der Waals surface area contributed by atoms with E-state index in [1.165, 1.54) is 13.2 Å². The molecule has 0 radical (unpaired) electrons. The van der Waals surface area contributed by atoms with Gasteiger partial charge in [-0.05, 0) is 12.1 Å². The zero-order chi connectivity index (χ0) is 10.8. The maximum atomic E-state index is 13.6. The summed E-state index contributed by atoms with van der Waals surface area (Å²) in [6.45, 7) is 0. The summed E-state index contributed by atoms with van der Waals surface area (Å²) in [4.78, 5) is 0. The van der Waals surface area contributed by atoms with Gasteiger partial charge in [0.1, 0.15) is 17.3 Å². The van der Waals surface area contributed by atoms with E-state index >= 15 is 0 Å². The number of methoxy groups -OCH3 is 1. The van der Waals surface area contributed by atoms with E-state index in [0.717, 1.165) is 11.7 Å². The standard InChI is InChI=1S/C9H6ClFN2OS/c1-14-5-2-3-6(7(11)4-5)8-9(10)13-15-12-8/h2-4H,1H3. The number of aromatic nitrogens is 2. The van der Waals surface area contributed by atoms with Gasteiger partial charge in [0.15, 0.2) is 5.15 Å². The molecular weight excluding hydrogens is 239 g/mol. The van der Waals surface area contributed by atoms with Gasteiger partial charge in [-0.2, -0.15) is 8.75 Å². The monoisotopic (exact) mass is 244 g/mol. The van der Waals surface area contributed by atoms with Crippen LogP contribution in [-0.4, -0.2) is 15.9 Å². The van der Waals surface area contributed by atoms with Crippen LogP contribution in [-0.2, 0) is 0 Å². The molecule has 0 aliphatic rings. The molecule has 1 aromatic heterocycles. The zero-order valence-electron chi connectivity index (χ0n) is 7.70. The molecular formula is C9H6ClFN2OS. The van der Waals surface area contributed by atoms with Crippen molar-refractivity contribution in [1.29, 1.82) is 0 Å². The molecule has 3 nitrogen and oxygen atoms in total. The summed E-state index contributed by atoms with van der Waals surface area (Å²) in [5.41, 5.74) is 0.691. The summed E-state index contributed by atoms with van der Waals surface area (Å²) in [5, 5.41) is 0.212. The molecule has 0 saturated heterocycles. The first-order chi connectivity index (χ1) is 7.22. The van der Waals surface area contributed by atoms with Gasteiger partial charge in [-0.15, -0.1) is 0 Å². The van der Waals surface area contributed by atoms with Gasteiger partial charge in [0.2, 0.25) is 0 Å². The van der Waals surface area contributed by atoms with Crippen LogP contribution in [0.1, 0.15) is 0 Å². The van der Waals surface area contributed by atoms with Crippen LogP contribution in [0, 0.1) is 5.82 Å². The molecule has 0 aliphatic carbocycles. The lowest BCUT2D eigenvalue weighted by Crippen LogP contribution is -1.88. The first-order valence-electron chi connectivity index (χ1n) is 4.04. The van der Waals surface area contributed by atoms with E-state index in [9.17, 15) is 4.39 Å².